The quantitative estimate of drug-likeness (QED) is 0.387. The summed E-state index contributed by atoms with van der Waals surface area (Å²) in [6.07, 6.45) is 5.47. The average Bonchev–Trinajstić information content (AvgIpc) is 2.68. The Balaban J connectivity index is 2.37. The van der Waals surface area contributed by atoms with Gasteiger partial charge in [-0.3, -0.25) is 4.79 Å². The van der Waals surface area contributed by atoms with Crippen LogP contribution in [0.15, 0.2) is 42.5 Å². The minimum absolute atomic E-state index is 0.0239. The maximum atomic E-state index is 12.6. The lowest BCUT2D eigenvalue weighted by atomic mass is 10.0. The smallest absolute Gasteiger partial charge is 0.185 e. The third-order valence-corrected chi connectivity index (χ3v) is 4.31. The lowest BCUT2D eigenvalue weighted by Crippen LogP contribution is -2.10. The van der Waals surface area contributed by atoms with Crippen molar-refractivity contribution >= 4 is 17.5 Å². The molecule has 4 heteroatoms. The molecule has 29 heavy (non-hydrogen) atoms. The molecule has 0 bridgehead atoms. The van der Waals surface area contributed by atoms with Crippen molar-refractivity contribution in [2.24, 2.45) is 0 Å². The van der Waals surface area contributed by atoms with Crippen molar-refractivity contribution in [3.63, 3.8) is 0 Å². The van der Waals surface area contributed by atoms with Crippen LogP contribution in [0.1, 0.15) is 62.5 Å². The highest BCUT2D eigenvalue weighted by atomic mass is 16.5. The largest absolute Gasteiger partial charge is 0.491 e. The van der Waals surface area contributed by atoms with Crippen LogP contribution in [0.2, 0.25) is 0 Å². The second kappa shape index (κ2) is 10.7. The number of hydrogen-bond donors (Lipinski definition) is 1. The van der Waals surface area contributed by atoms with Gasteiger partial charge < -0.3 is 14.8 Å². The van der Waals surface area contributed by atoms with Gasteiger partial charge in [0.15, 0.2) is 5.78 Å². The van der Waals surface area contributed by atoms with Crippen LogP contribution in [0.5, 0.6) is 11.5 Å². The molecule has 0 radical (unpaired) electrons. The van der Waals surface area contributed by atoms with Crippen molar-refractivity contribution < 1.29 is 14.3 Å². The van der Waals surface area contributed by atoms with Gasteiger partial charge in [-0.05, 0) is 82.2 Å². The van der Waals surface area contributed by atoms with Crippen LogP contribution in [0, 0.1) is 0 Å². The fraction of sp³-hybridized carbons (Fsp3) is 0.400. The number of benzene rings is 2. The lowest BCUT2D eigenvalue weighted by molar-refractivity contribution is 0.104. The Kier molecular flexibility index (Phi) is 8.32. The van der Waals surface area contributed by atoms with Gasteiger partial charge in [-0.2, -0.15) is 0 Å². The molecule has 0 atom stereocenters. The summed E-state index contributed by atoms with van der Waals surface area (Å²) >= 11 is 0. The average molecular weight is 396 g/mol. The maximum Gasteiger partial charge on any atom is 0.185 e. The number of rotatable bonds is 10. The molecule has 2 aromatic rings. The van der Waals surface area contributed by atoms with Gasteiger partial charge in [-0.15, -0.1) is 0 Å². The molecule has 0 aliphatic rings. The van der Waals surface area contributed by atoms with Crippen molar-refractivity contribution in [1.82, 2.24) is 0 Å². The molecule has 0 aliphatic carbocycles. The number of carbonyl (C=O) groups is 1. The molecule has 2 rings (SSSR count). The first-order valence-corrected chi connectivity index (χ1v) is 10.3. The number of aryl methyl sites for hydroxylation is 1. The van der Waals surface area contributed by atoms with Crippen molar-refractivity contribution in [1.29, 1.82) is 0 Å². The van der Waals surface area contributed by atoms with Gasteiger partial charge in [0.2, 0.25) is 0 Å². The summed E-state index contributed by atoms with van der Waals surface area (Å²) < 4.78 is 12.0. The Bertz CT molecular complexity index is 836. The number of nitrogens with one attached hydrogen (secondary N) is 1. The van der Waals surface area contributed by atoms with Crippen molar-refractivity contribution in [2.75, 3.05) is 12.4 Å². The van der Waals surface area contributed by atoms with Crippen LogP contribution in [0.4, 0.5) is 5.69 Å². The van der Waals surface area contributed by atoms with Gasteiger partial charge in [0.1, 0.15) is 11.5 Å². The van der Waals surface area contributed by atoms with Gasteiger partial charge >= 0.3 is 0 Å². The maximum absolute atomic E-state index is 12.6. The van der Waals surface area contributed by atoms with Gasteiger partial charge in [0.25, 0.3) is 0 Å². The second-order valence-corrected chi connectivity index (χ2v) is 7.61. The molecule has 0 unspecified atom stereocenters. The zero-order valence-corrected chi connectivity index (χ0v) is 18.4. The number of carbonyl (C=O) groups excluding carboxylic acids is 1. The molecule has 0 spiro atoms. The Morgan fingerprint density at radius 1 is 1.00 bits per heavy atom. The van der Waals surface area contributed by atoms with E-state index >= 15 is 0 Å². The number of hydrogen-bond acceptors (Lipinski definition) is 4. The van der Waals surface area contributed by atoms with E-state index in [4.69, 9.17) is 9.47 Å². The summed E-state index contributed by atoms with van der Waals surface area (Å²) in [6, 6.07) is 11.5. The first kappa shape index (κ1) is 22.5. The van der Waals surface area contributed by atoms with E-state index in [0.717, 1.165) is 41.2 Å². The standard InChI is InChI=1S/C25H33NO3/c1-7-8-20-15-21(25(29-18(4)5)16-24(20)28-17(2)3)11-14-23(27)19-9-12-22(26-6)13-10-19/h9-18,26H,7-8H2,1-6H3/b14-11+. The highest BCUT2D eigenvalue weighted by Crippen LogP contribution is 2.33. The Labute approximate surface area is 174 Å². The van der Waals surface area contributed by atoms with E-state index in [0.29, 0.717) is 5.56 Å². The topological polar surface area (TPSA) is 47.6 Å². The molecule has 156 valence electrons. The predicted molar refractivity (Wildman–Crippen MR) is 121 cm³/mol. The van der Waals surface area contributed by atoms with E-state index < -0.39 is 0 Å². The number of allylic oxidation sites excluding steroid dienone is 1. The zero-order valence-electron chi connectivity index (χ0n) is 18.4. The highest BCUT2D eigenvalue weighted by Gasteiger charge is 2.13. The Morgan fingerprint density at radius 2 is 1.62 bits per heavy atom. The predicted octanol–water partition coefficient (Wildman–Crippen LogP) is 6.15. The van der Waals surface area contributed by atoms with Gasteiger partial charge in [-0.1, -0.05) is 13.3 Å². The SMILES string of the molecule is CCCc1cc(/C=C/C(=O)c2ccc(NC)cc2)c(OC(C)C)cc1OC(C)C. The first-order chi connectivity index (χ1) is 13.8. The van der Waals surface area contributed by atoms with Crippen LogP contribution < -0.4 is 14.8 Å². The van der Waals surface area contributed by atoms with Gasteiger partial charge in [-0.25, -0.2) is 0 Å². The Hall–Kier alpha value is -2.75. The summed E-state index contributed by atoms with van der Waals surface area (Å²) in [6.45, 7) is 10.2. The fourth-order valence-electron chi connectivity index (χ4n) is 3.00. The van der Waals surface area contributed by atoms with Crippen LogP contribution in [0.25, 0.3) is 6.08 Å². The first-order valence-electron chi connectivity index (χ1n) is 10.3. The fourth-order valence-corrected chi connectivity index (χ4v) is 3.00. The van der Waals surface area contributed by atoms with Gasteiger partial charge in [0, 0.05) is 29.9 Å². The molecule has 4 nitrogen and oxygen atoms in total. The third-order valence-electron chi connectivity index (χ3n) is 4.31. The summed E-state index contributed by atoms with van der Waals surface area (Å²) in [4.78, 5) is 12.6. The number of ketones is 1. The molecule has 0 saturated heterocycles. The van der Waals surface area contributed by atoms with E-state index in [1.807, 2.05) is 71.2 Å². The molecule has 0 saturated carbocycles. The highest BCUT2D eigenvalue weighted by molar-refractivity contribution is 6.07. The number of ether oxygens (including phenoxy) is 2. The van der Waals surface area contributed by atoms with E-state index in [-0.39, 0.29) is 18.0 Å². The van der Waals surface area contributed by atoms with Crippen molar-refractivity contribution in [2.45, 2.75) is 59.7 Å². The second-order valence-electron chi connectivity index (χ2n) is 7.61. The zero-order chi connectivity index (χ0) is 21.4. The molecule has 0 heterocycles. The number of anilines is 1. The van der Waals surface area contributed by atoms with E-state index in [1.165, 1.54) is 0 Å². The van der Waals surface area contributed by atoms with E-state index in [1.54, 1.807) is 6.08 Å². The van der Waals surface area contributed by atoms with E-state index in [2.05, 4.69) is 18.3 Å². The molecule has 0 aromatic heterocycles. The van der Waals surface area contributed by atoms with Crippen LogP contribution in [-0.2, 0) is 6.42 Å². The molecular weight excluding hydrogens is 362 g/mol. The summed E-state index contributed by atoms with van der Waals surface area (Å²) in [7, 11) is 1.85. The van der Waals surface area contributed by atoms with Crippen LogP contribution in [-0.4, -0.2) is 25.0 Å². The van der Waals surface area contributed by atoms with Crippen LogP contribution >= 0.6 is 0 Å². The summed E-state index contributed by atoms with van der Waals surface area (Å²) in [5.74, 6) is 1.54. The van der Waals surface area contributed by atoms with Crippen molar-refractivity contribution in [3.05, 3.63) is 59.2 Å². The monoisotopic (exact) mass is 395 g/mol. The van der Waals surface area contributed by atoms with E-state index in [9.17, 15) is 4.79 Å². The summed E-state index contributed by atoms with van der Waals surface area (Å²) in [5, 5.41) is 3.06. The van der Waals surface area contributed by atoms with Crippen LogP contribution in [0.3, 0.4) is 0 Å². The minimum Gasteiger partial charge on any atom is -0.491 e. The molecule has 2 aromatic carbocycles. The third kappa shape index (κ3) is 6.67. The molecule has 0 amide bonds. The molecular formula is C25H33NO3. The molecule has 0 fully saturated rings. The molecule has 0 aliphatic heterocycles. The normalized spacial score (nSPS) is 11.3. The lowest BCUT2D eigenvalue weighted by Gasteiger charge is -2.19. The minimum atomic E-state index is -0.0392. The summed E-state index contributed by atoms with van der Waals surface area (Å²) in [5.41, 5.74) is 3.64. The molecule has 1 N–H and O–H groups in total. The Morgan fingerprint density at radius 3 is 2.17 bits per heavy atom. The van der Waals surface area contributed by atoms with Crippen molar-refractivity contribution in [3.8, 4) is 11.5 Å². The van der Waals surface area contributed by atoms with Gasteiger partial charge in [0.05, 0.1) is 12.2 Å².